The summed E-state index contributed by atoms with van der Waals surface area (Å²) >= 11 is 1.46. The molecule has 3 amide bonds. The molecule has 1 spiro atoms. The average molecular weight is 381 g/mol. The maximum absolute atomic E-state index is 12.9. The molecular formula is C18H28N4O3S. The maximum Gasteiger partial charge on any atom is 0.317 e. The number of carbonyl (C=O) groups excluding carboxylic acids is 2. The molecule has 2 fully saturated rings. The molecule has 0 radical (unpaired) electrons. The minimum absolute atomic E-state index is 0.0191. The van der Waals surface area contributed by atoms with Gasteiger partial charge in [-0.05, 0) is 40.5 Å². The summed E-state index contributed by atoms with van der Waals surface area (Å²) in [5.74, 6) is 0.0516. The van der Waals surface area contributed by atoms with Gasteiger partial charge in [0.25, 0.3) is 5.91 Å². The Morgan fingerprint density at radius 2 is 1.88 bits per heavy atom. The first-order chi connectivity index (χ1) is 12.3. The van der Waals surface area contributed by atoms with Crippen LogP contribution < -0.4 is 5.32 Å². The molecule has 0 aromatic carbocycles. The van der Waals surface area contributed by atoms with Gasteiger partial charge in [0.15, 0.2) is 0 Å². The largest absolute Gasteiger partial charge is 0.371 e. The summed E-state index contributed by atoms with van der Waals surface area (Å²) in [4.78, 5) is 33.9. The van der Waals surface area contributed by atoms with Gasteiger partial charge in [-0.1, -0.05) is 0 Å². The molecule has 0 bridgehead atoms. The number of piperidine rings is 1. The lowest BCUT2D eigenvalue weighted by molar-refractivity contribution is -0.123. The SMILES string of the molecule is Cc1nc(C)c(C(=O)N2CCOC3(CCN(C(=O)NC(C)C)CC3)C2)s1. The van der Waals surface area contributed by atoms with Crippen molar-refractivity contribution in [3.63, 3.8) is 0 Å². The van der Waals surface area contributed by atoms with E-state index in [1.807, 2.05) is 37.5 Å². The lowest BCUT2D eigenvalue weighted by Crippen LogP contribution is -2.59. The van der Waals surface area contributed by atoms with Crippen molar-refractivity contribution in [3.8, 4) is 0 Å². The van der Waals surface area contributed by atoms with Crippen molar-refractivity contribution in [1.29, 1.82) is 0 Å². The van der Waals surface area contributed by atoms with Gasteiger partial charge < -0.3 is 19.9 Å². The molecule has 0 atom stereocenters. The zero-order valence-electron chi connectivity index (χ0n) is 16.0. The Labute approximate surface area is 158 Å². The van der Waals surface area contributed by atoms with Crippen molar-refractivity contribution in [2.24, 2.45) is 0 Å². The quantitative estimate of drug-likeness (QED) is 0.853. The van der Waals surface area contributed by atoms with Crippen LogP contribution in [-0.4, -0.2) is 71.2 Å². The minimum Gasteiger partial charge on any atom is -0.371 e. The minimum atomic E-state index is -0.337. The van der Waals surface area contributed by atoms with Crippen molar-refractivity contribution in [3.05, 3.63) is 15.6 Å². The van der Waals surface area contributed by atoms with Crippen molar-refractivity contribution in [2.45, 2.75) is 52.2 Å². The van der Waals surface area contributed by atoms with E-state index in [9.17, 15) is 9.59 Å². The lowest BCUT2D eigenvalue weighted by atomic mass is 9.89. The highest BCUT2D eigenvalue weighted by atomic mass is 32.1. The molecule has 8 heteroatoms. The number of likely N-dealkylation sites (tertiary alicyclic amines) is 1. The number of thiazole rings is 1. The Hall–Kier alpha value is -1.67. The molecule has 2 saturated heterocycles. The normalized spacial score (nSPS) is 19.9. The van der Waals surface area contributed by atoms with E-state index >= 15 is 0 Å². The number of ether oxygens (including phenoxy) is 1. The van der Waals surface area contributed by atoms with Crippen LogP contribution in [0.2, 0.25) is 0 Å². The highest BCUT2D eigenvalue weighted by Gasteiger charge is 2.42. The first-order valence-electron chi connectivity index (χ1n) is 9.22. The van der Waals surface area contributed by atoms with Gasteiger partial charge in [0.1, 0.15) is 4.88 Å². The van der Waals surface area contributed by atoms with Gasteiger partial charge in [0, 0.05) is 25.7 Å². The third kappa shape index (κ3) is 4.01. The van der Waals surface area contributed by atoms with Crippen LogP contribution in [0.15, 0.2) is 0 Å². The van der Waals surface area contributed by atoms with E-state index in [0.29, 0.717) is 32.8 Å². The number of urea groups is 1. The number of hydrogen-bond donors (Lipinski definition) is 1. The first-order valence-corrected chi connectivity index (χ1v) is 10.0. The Morgan fingerprint density at radius 1 is 1.19 bits per heavy atom. The number of aryl methyl sites for hydroxylation is 2. The lowest BCUT2D eigenvalue weighted by Gasteiger charge is -2.47. The summed E-state index contributed by atoms with van der Waals surface area (Å²) in [7, 11) is 0. The first kappa shape index (κ1) is 19.1. The molecule has 7 nitrogen and oxygen atoms in total. The second-order valence-corrected chi connectivity index (χ2v) is 8.70. The number of rotatable bonds is 2. The molecule has 0 saturated carbocycles. The Bertz CT molecular complexity index is 680. The Balaban J connectivity index is 1.63. The van der Waals surface area contributed by atoms with Crippen LogP contribution in [0.5, 0.6) is 0 Å². The van der Waals surface area contributed by atoms with E-state index in [0.717, 1.165) is 28.4 Å². The zero-order valence-corrected chi connectivity index (χ0v) is 16.8. The van der Waals surface area contributed by atoms with Crippen LogP contribution in [0.25, 0.3) is 0 Å². The number of morpholine rings is 1. The number of hydrogen-bond acceptors (Lipinski definition) is 5. The maximum atomic E-state index is 12.9. The molecule has 1 aromatic rings. The monoisotopic (exact) mass is 380 g/mol. The summed E-state index contributed by atoms with van der Waals surface area (Å²) < 4.78 is 6.10. The number of aromatic nitrogens is 1. The molecule has 2 aliphatic rings. The van der Waals surface area contributed by atoms with Gasteiger partial charge in [0.05, 0.1) is 29.5 Å². The van der Waals surface area contributed by atoms with E-state index in [4.69, 9.17) is 4.74 Å². The number of nitrogens with one attached hydrogen (secondary N) is 1. The van der Waals surface area contributed by atoms with Gasteiger partial charge in [-0.3, -0.25) is 4.79 Å². The number of nitrogens with zero attached hydrogens (tertiary/aromatic N) is 3. The standard InChI is InChI=1S/C18H28N4O3S/c1-12(2)19-17(24)21-7-5-18(6-8-21)11-22(9-10-25-18)16(23)15-13(3)20-14(4)26-15/h12H,5-11H2,1-4H3,(H,19,24). The Kier molecular flexibility index (Phi) is 5.53. The molecule has 1 aromatic heterocycles. The fourth-order valence-electron chi connectivity index (χ4n) is 3.65. The van der Waals surface area contributed by atoms with Crippen LogP contribution in [0, 0.1) is 13.8 Å². The predicted octanol–water partition coefficient (Wildman–Crippen LogP) is 2.18. The van der Waals surface area contributed by atoms with Gasteiger partial charge in [-0.25, -0.2) is 9.78 Å². The van der Waals surface area contributed by atoms with Crippen LogP contribution in [0.4, 0.5) is 4.79 Å². The second kappa shape index (κ2) is 7.52. The fraction of sp³-hybridized carbons (Fsp3) is 0.722. The summed E-state index contributed by atoms with van der Waals surface area (Å²) in [6, 6.07) is 0.109. The van der Waals surface area contributed by atoms with Gasteiger partial charge in [-0.15, -0.1) is 11.3 Å². The summed E-state index contributed by atoms with van der Waals surface area (Å²) in [6.07, 6.45) is 1.51. The van der Waals surface area contributed by atoms with E-state index in [1.54, 1.807) is 0 Å². The van der Waals surface area contributed by atoms with E-state index in [2.05, 4.69) is 10.3 Å². The summed E-state index contributed by atoms with van der Waals surface area (Å²) in [5, 5.41) is 3.85. The molecule has 3 heterocycles. The molecule has 2 aliphatic heterocycles. The van der Waals surface area contributed by atoms with Crippen molar-refractivity contribution >= 4 is 23.3 Å². The third-order valence-electron chi connectivity index (χ3n) is 5.01. The molecular weight excluding hydrogens is 352 g/mol. The van der Waals surface area contributed by atoms with Crippen LogP contribution in [0.3, 0.4) is 0 Å². The van der Waals surface area contributed by atoms with Crippen LogP contribution in [-0.2, 0) is 4.74 Å². The molecule has 0 aliphatic carbocycles. The third-order valence-corrected chi connectivity index (χ3v) is 6.07. The average Bonchev–Trinajstić information content (AvgIpc) is 2.92. The van der Waals surface area contributed by atoms with E-state index in [1.165, 1.54) is 11.3 Å². The number of carbonyl (C=O) groups is 2. The zero-order chi connectivity index (χ0) is 18.9. The van der Waals surface area contributed by atoms with Gasteiger partial charge in [0.2, 0.25) is 0 Å². The van der Waals surface area contributed by atoms with Crippen molar-refractivity contribution in [1.82, 2.24) is 20.1 Å². The van der Waals surface area contributed by atoms with Crippen molar-refractivity contribution < 1.29 is 14.3 Å². The molecule has 26 heavy (non-hydrogen) atoms. The summed E-state index contributed by atoms with van der Waals surface area (Å²) in [5.41, 5.74) is 0.467. The number of amides is 3. The molecule has 0 unspecified atom stereocenters. The fourth-order valence-corrected chi connectivity index (χ4v) is 4.54. The Morgan fingerprint density at radius 3 is 2.46 bits per heavy atom. The molecule has 1 N–H and O–H groups in total. The highest BCUT2D eigenvalue weighted by Crippen LogP contribution is 2.31. The van der Waals surface area contributed by atoms with Crippen LogP contribution in [0.1, 0.15) is 47.1 Å². The topological polar surface area (TPSA) is 74.8 Å². The van der Waals surface area contributed by atoms with E-state index in [-0.39, 0.29) is 23.6 Å². The van der Waals surface area contributed by atoms with Gasteiger partial charge >= 0.3 is 6.03 Å². The molecule has 144 valence electrons. The van der Waals surface area contributed by atoms with Gasteiger partial charge in [-0.2, -0.15) is 0 Å². The van der Waals surface area contributed by atoms with Crippen LogP contribution >= 0.6 is 11.3 Å². The highest BCUT2D eigenvalue weighted by molar-refractivity contribution is 7.13. The smallest absolute Gasteiger partial charge is 0.317 e. The summed E-state index contributed by atoms with van der Waals surface area (Å²) in [6.45, 7) is 10.8. The second-order valence-electron chi connectivity index (χ2n) is 7.50. The predicted molar refractivity (Wildman–Crippen MR) is 101 cm³/mol. The van der Waals surface area contributed by atoms with E-state index < -0.39 is 0 Å². The molecule has 3 rings (SSSR count). The van der Waals surface area contributed by atoms with Crippen molar-refractivity contribution in [2.75, 3.05) is 32.8 Å².